The average Bonchev–Trinajstić information content (AvgIpc) is 2.73. The number of hydrogen-bond donors (Lipinski definition) is 2. The Kier molecular flexibility index (Phi) is 4.09. The molecule has 0 amide bonds. The number of nitrogens with two attached hydrogens (primary N) is 2. The number of rotatable bonds is 4. The van der Waals surface area contributed by atoms with Crippen LogP contribution in [0.5, 0.6) is 0 Å². The third kappa shape index (κ3) is 3.02. The largest absolute Gasteiger partial charge is 0.453 e. The molecule has 2 heterocycles. The van der Waals surface area contributed by atoms with Crippen molar-refractivity contribution in [2.24, 2.45) is 11.5 Å². The van der Waals surface area contributed by atoms with Crippen molar-refractivity contribution in [2.75, 3.05) is 0 Å². The van der Waals surface area contributed by atoms with E-state index in [-0.39, 0.29) is 17.0 Å². The first-order valence-corrected chi connectivity index (χ1v) is 6.15. The second kappa shape index (κ2) is 5.43. The number of pyridine rings is 1. The van der Waals surface area contributed by atoms with Crippen LogP contribution < -0.4 is 11.5 Å². The lowest BCUT2D eigenvalue weighted by Gasteiger charge is -2.18. The lowest BCUT2D eigenvalue weighted by molar-refractivity contribution is -0.284. The van der Waals surface area contributed by atoms with Crippen LogP contribution in [0.4, 0.5) is 26.3 Å². The number of hydrogen-bond acceptors (Lipinski definition) is 3. The quantitative estimate of drug-likeness (QED) is 0.670. The lowest BCUT2D eigenvalue weighted by atomic mass is 10.1. The van der Waals surface area contributed by atoms with Crippen molar-refractivity contribution in [3.63, 3.8) is 0 Å². The van der Waals surface area contributed by atoms with E-state index >= 15 is 0 Å². The number of halogens is 6. The van der Waals surface area contributed by atoms with Gasteiger partial charge in [0, 0.05) is 19.0 Å². The first kappa shape index (κ1) is 16.6. The third-order valence-electron chi connectivity index (χ3n) is 3.10. The highest BCUT2D eigenvalue weighted by Gasteiger charge is 2.56. The predicted octanol–water partition coefficient (Wildman–Crippen LogP) is 2.52. The smallest absolute Gasteiger partial charge is 0.311 e. The topological polar surface area (TPSA) is 69.3 Å². The molecular weight excluding hydrogens is 314 g/mol. The van der Waals surface area contributed by atoms with E-state index in [4.69, 9.17) is 11.5 Å². The molecule has 2 aromatic heterocycles. The van der Waals surface area contributed by atoms with Gasteiger partial charge in [-0.1, -0.05) is 0 Å². The van der Waals surface area contributed by atoms with Crippen molar-refractivity contribution < 1.29 is 26.3 Å². The zero-order valence-electron chi connectivity index (χ0n) is 11.0. The van der Waals surface area contributed by atoms with Gasteiger partial charge in [0.2, 0.25) is 0 Å². The van der Waals surface area contributed by atoms with E-state index in [1.54, 1.807) is 0 Å². The van der Waals surface area contributed by atoms with E-state index in [2.05, 4.69) is 4.98 Å². The van der Waals surface area contributed by atoms with Crippen LogP contribution in [-0.4, -0.2) is 21.5 Å². The molecule has 2 rings (SSSR count). The summed E-state index contributed by atoms with van der Waals surface area (Å²) in [6.07, 6.45) is -8.03. The molecule has 0 aliphatic heterocycles. The SMILES string of the molecule is NC(N)c1nc(CCC(F)(F)C(F)(F)F)n2cc(F)ccc12. The Labute approximate surface area is 120 Å². The van der Waals surface area contributed by atoms with Gasteiger partial charge in [0.15, 0.2) is 0 Å². The summed E-state index contributed by atoms with van der Waals surface area (Å²) < 4.78 is 76.8. The Balaban J connectivity index is 2.38. The first-order chi connectivity index (χ1) is 10.0. The normalized spacial score (nSPS) is 13.3. The highest BCUT2D eigenvalue weighted by atomic mass is 19.4. The minimum Gasteiger partial charge on any atom is -0.311 e. The van der Waals surface area contributed by atoms with E-state index in [1.807, 2.05) is 0 Å². The zero-order valence-corrected chi connectivity index (χ0v) is 11.0. The molecule has 0 fully saturated rings. The number of nitrogens with zero attached hydrogens (tertiary/aromatic N) is 2. The third-order valence-corrected chi connectivity index (χ3v) is 3.10. The number of imidazole rings is 1. The molecule has 0 saturated heterocycles. The molecule has 0 unspecified atom stereocenters. The Morgan fingerprint density at radius 2 is 1.77 bits per heavy atom. The minimum atomic E-state index is -5.65. The standard InChI is InChI=1S/C12H12F6N4/c13-6-1-2-7-9(10(19)20)21-8(22(7)5-6)3-4-11(14,15)12(16,17)18/h1-2,5,10H,3-4,19-20H2. The van der Waals surface area contributed by atoms with E-state index in [9.17, 15) is 26.3 Å². The molecule has 4 nitrogen and oxygen atoms in total. The summed E-state index contributed by atoms with van der Waals surface area (Å²) in [5.74, 6) is -5.74. The number of fused-ring (bicyclic) bond motifs is 1. The Bertz CT molecular complexity index is 676. The molecule has 10 heteroatoms. The van der Waals surface area contributed by atoms with Crippen molar-refractivity contribution in [1.82, 2.24) is 9.38 Å². The van der Waals surface area contributed by atoms with Crippen molar-refractivity contribution in [3.8, 4) is 0 Å². The van der Waals surface area contributed by atoms with Gasteiger partial charge >= 0.3 is 12.1 Å². The van der Waals surface area contributed by atoms with Gasteiger partial charge in [0.1, 0.15) is 11.6 Å². The van der Waals surface area contributed by atoms with E-state index in [0.29, 0.717) is 0 Å². The van der Waals surface area contributed by atoms with Crippen molar-refractivity contribution in [3.05, 3.63) is 35.7 Å². The summed E-state index contributed by atoms with van der Waals surface area (Å²) >= 11 is 0. The van der Waals surface area contributed by atoms with Crippen LogP contribution in [0.1, 0.15) is 24.1 Å². The molecule has 2 aromatic rings. The second-order valence-corrected chi connectivity index (χ2v) is 4.74. The van der Waals surface area contributed by atoms with Crippen LogP contribution in [0.3, 0.4) is 0 Å². The van der Waals surface area contributed by atoms with Crippen LogP contribution >= 0.6 is 0 Å². The molecule has 0 bridgehead atoms. The predicted molar refractivity (Wildman–Crippen MR) is 65.6 cm³/mol. The minimum absolute atomic E-state index is 0.0883. The summed E-state index contributed by atoms with van der Waals surface area (Å²) in [5, 5.41) is 0. The maximum absolute atomic E-state index is 13.3. The van der Waals surface area contributed by atoms with Gasteiger partial charge in [-0.15, -0.1) is 0 Å². The van der Waals surface area contributed by atoms with E-state index in [0.717, 1.165) is 16.7 Å². The molecule has 4 N–H and O–H groups in total. The van der Waals surface area contributed by atoms with Gasteiger partial charge < -0.3 is 15.9 Å². The highest BCUT2D eigenvalue weighted by molar-refractivity contribution is 5.54. The molecular formula is C12H12F6N4. The van der Waals surface area contributed by atoms with Crippen LogP contribution in [-0.2, 0) is 6.42 Å². The van der Waals surface area contributed by atoms with Crippen LogP contribution in [0.2, 0.25) is 0 Å². The molecule has 0 radical (unpaired) electrons. The summed E-state index contributed by atoms with van der Waals surface area (Å²) in [6, 6.07) is 2.35. The first-order valence-electron chi connectivity index (χ1n) is 6.15. The molecule has 22 heavy (non-hydrogen) atoms. The summed E-state index contributed by atoms with van der Waals surface area (Å²) in [6.45, 7) is 0. The van der Waals surface area contributed by atoms with Gasteiger partial charge in [0.25, 0.3) is 0 Å². The average molecular weight is 326 g/mol. The maximum Gasteiger partial charge on any atom is 0.453 e. The second-order valence-electron chi connectivity index (χ2n) is 4.74. The van der Waals surface area contributed by atoms with Gasteiger partial charge in [0.05, 0.1) is 17.4 Å². The summed E-state index contributed by atoms with van der Waals surface area (Å²) in [5.41, 5.74) is 11.3. The number of alkyl halides is 5. The van der Waals surface area contributed by atoms with Gasteiger partial charge in [-0.25, -0.2) is 9.37 Å². The fraction of sp³-hybridized carbons (Fsp3) is 0.417. The highest BCUT2D eigenvalue weighted by Crippen LogP contribution is 2.38. The number of aryl methyl sites for hydroxylation is 1. The zero-order chi connectivity index (χ0) is 16.7. The van der Waals surface area contributed by atoms with Crippen molar-refractivity contribution in [2.45, 2.75) is 31.1 Å². The van der Waals surface area contributed by atoms with Gasteiger partial charge in [-0.3, -0.25) is 0 Å². The Hall–Kier alpha value is -1.81. The van der Waals surface area contributed by atoms with Gasteiger partial charge in [-0.2, -0.15) is 22.0 Å². The summed E-state index contributed by atoms with van der Waals surface area (Å²) in [4.78, 5) is 3.86. The van der Waals surface area contributed by atoms with Crippen LogP contribution in [0, 0.1) is 5.82 Å². The van der Waals surface area contributed by atoms with Crippen LogP contribution in [0.25, 0.3) is 5.52 Å². The Morgan fingerprint density at radius 3 is 2.32 bits per heavy atom. The van der Waals surface area contributed by atoms with Gasteiger partial charge in [-0.05, 0) is 12.1 Å². The molecule has 122 valence electrons. The lowest BCUT2D eigenvalue weighted by Crippen LogP contribution is -2.36. The fourth-order valence-electron chi connectivity index (χ4n) is 1.98. The van der Waals surface area contributed by atoms with E-state index in [1.165, 1.54) is 6.07 Å². The summed E-state index contributed by atoms with van der Waals surface area (Å²) in [7, 11) is 0. The Morgan fingerprint density at radius 1 is 1.14 bits per heavy atom. The fourth-order valence-corrected chi connectivity index (χ4v) is 1.98. The molecule has 0 spiro atoms. The molecule has 0 aliphatic carbocycles. The molecule has 0 saturated carbocycles. The van der Waals surface area contributed by atoms with Crippen molar-refractivity contribution >= 4 is 5.52 Å². The van der Waals surface area contributed by atoms with Crippen molar-refractivity contribution in [1.29, 1.82) is 0 Å². The molecule has 0 aliphatic rings. The maximum atomic E-state index is 13.3. The van der Waals surface area contributed by atoms with Crippen LogP contribution in [0.15, 0.2) is 18.3 Å². The molecule has 0 atom stereocenters. The van der Waals surface area contributed by atoms with E-state index < -0.39 is 36.9 Å². The number of aromatic nitrogens is 2. The molecule has 0 aromatic carbocycles. The monoisotopic (exact) mass is 326 g/mol.